The summed E-state index contributed by atoms with van der Waals surface area (Å²) in [6.45, 7) is 1.97. The Labute approximate surface area is 89.3 Å². The molecular weight excluding hydrogens is 247 g/mol. The van der Waals surface area contributed by atoms with Crippen molar-refractivity contribution in [2.45, 2.75) is 13.3 Å². The largest absolute Gasteiger partial charge is 0.233 e. The van der Waals surface area contributed by atoms with Crippen molar-refractivity contribution in [2.24, 2.45) is 0 Å². The number of hydrogen-bond donors (Lipinski definition) is 0. The van der Waals surface area contributed by atoms with Gasteiger partial charge in [-0.25, -0.2) is 14.4 Å². The second-order valence-electron chi connectivity index (χ2n) is 2.92. The molecular formula is C10H8BrFN2. The molecule has 0 saturated heterocycles. The zero-order valence-electron chi connectivity index (χ0n) is 7.59. The van der Waals surface area contributed by atoms with E-state index in [2.05, 4.69) is 25.9 Å². The van der Waals surface area contributed by atoms with Crippen LogP contribution < -0.4 is 0 Å². The van der Waals surface area contributed by atoms with E-state index < -0.39 is 0 Å². The second-order valence-corrected chi connectivity index (χ2v) is 3.67. The molecule has 0 amide bonds. The SMILES string of the molecule is CCc1nc(Br)c2c(F)cccc2n1. The Morgan fingerprint density at radius 2 is 2.14 bits per heavy atom. The van der Waals surface area contributed by atoms with Crippen LogP contribution in [0.2, 0.25) is 0 Å². The first kappa shape index (κ1) is 9.52. The molecule has 2 nitrogen and oxygen atoms in total. The van der Waals surface area contributed by atoms with E-state index in [-0.39, 0.29) is 5.82 Å². The first-order valence-corrected chi connectivity index (χ1v) is 5.12. The lowest BCUT2D eigenvalue weighted by Gasteiger charge is -2.03. The van der Waals surface area contributed by atoms with E-state index in [0.29, 0.717) is 15.5 Å². The topological polar surface area (TPSA) is 25.8 Å². The van der Waals surface area contributed by atoms with Gasteiger partial charge < -0.3 is 0 Å². The zero-order chi connectivity index (χ0) is 10.1. The highest BCUT2D eigenvalue weighted by atomic mass is 79.9. The van der Waals surface area contributed by atoms with Crippen LogP contribution in [0.15, 0.2) is 22.8 Å². The van der Waals surface area contributed by atoms with Crippen molar-refractivity contribution >= 4 is 26.8 Å². The van der Waals surface area contributed by atoms with E-state index in [9.17, 15) is 4.39 Å². The van der Waals surface area contributed by atoms with Gasteiger partial charge >= 0.3 is 0 Å². The highest BCUT2D eigenvalue weighted by Crippen LogP contribution is 2.23. The van der Waals surface area contributed by atoms with Crippen molar-refractivity contribution in [3.8, 4) is 0 Å². The van der Waals surface area contributed by atoms with E-state index in [1.807, 2.05) is 6.92 Å². The summed E-state index contributed by atoms with van der Waals surface area (Å²) in [7, 11) is 0. The molecule has 1 aromatic carbocycles. The number of fused-ring (bicyclic) bond motifs is 1. The molecule has 0 saturated carbocycles. The molecule has 2 aromatic rings. The van der Waals surface area contributed by atoms with Crippen molar-refractivity contribution < 1.29 is 4.39 Å². The average molecular weight is 255 g/mol. The summed E-state index contributed by atoms with van der Waals surface area (Å²) in [5.74, 6) is 0.423. The number of benzene rings is 1. The molecule has 1 heterocycles. The minimum absolute atomic E-state index is 0.294. The second kappa shape index (κ2) is 3.61. The van der Waals surface area contributed by atoms with Gasteiger partial charge in [0, 0.05) is 6.42 Å². The van der Waals surface area contributed by atoms with Crippen LogP contribution in [0.5, 0.6) is 0 Å². The van der Waals surface area contributed by atoms with E-state index >= 15 is 0 Å². The smallest absolute Gasteiger partial charge is 0.135 e. The van der Waals surface area contributed by atoms with Crippen LogP contribution in [0.1, 0.15) is 12.7 Å². The predicted octanol–water partition coefficient (Wildman–Crippen LogP) is 3.09. The molecule has 1 aromatic heterocycles. The van der Waals surface area contributed by atoms with Crippen LogP contribution in [-0.2, 0) is 6.42 Å². The summed E-state index contributed by atoms with van der Waals surface area (Å²) in [5.41, 5.74) is 0.642. The van der Waals surface area contributed by atoms with Gasteiger partial charge in [-0.05, 0) is 28.1 Å². The quantitative estimate of drug-likeness (QED) is 0.732. The average Bonchev–Trinajstić information content (AvgIpc) is 2.17. The molecule has 2 rings (SSSR count). The highest BCUT2D eigenvalue weighted by Gasteiger charge is 2.08. The van der Waals surface area contributed by atoms with Crippen molar-refractivity contribution in [3.63, 3.8) is 0 Å². The van der Waals surface area contributed by atoms with E-state index in [1.165, 1.54) is 6.07 Å². The molecule has 0 atom stereocenters. The predicted molar refractivity (Wildman–Crippen MR) is 56.6 cm³/mol. The molecule has 0 bridgehead atoms. The summed E-state index contributed by atoms with van der Waals surface area (Å²) in [6.07, 6.45) is 0.741. The summed E-state index contributed by atoms with van der Waals surface area (Å²) in [4.78, 5) is 8.38. The van der Waals surface area contributed by atoms with Crippen molar-refractivity contribution in [2.75, 3.05) is 0 Å². The molecule has 72 valence electrons. The van der Waals surface area contributed by atoms with E-state index in [4.69, 9.17) is 0 Å². The van der Waals surface area contributed by atoms with Gasteiger partial charge in [-0.1, -0.05) is 13.0 Å². The monoisotopic (exact) mass is 254 g/mol. The van der Waals surface area contributed by atoms with Crippen LogP contribution in [0.4, 0.5) is 4.39 Å². The molecule has 0 aliphatic rings. The summed E-state index contributed by atoms with van der Waals surface area (Å²) in [5, 5.41) is 0.449. The maximum absolute atomic E-state index is 13.4. The van der Waals surface area contributed by atoms with Crippen LogP contribution in [-0.4, -0.2) is 9.97 Å². The highest BCUT2D eigenvalue weighted by molar-refractivity contribution is 9.10. The fraction of sp³-hybridized carbons (Fsp3) is 0.200. The van der Waals surface area contributed by atoms with E-state index in [1.54, 1.807) is 12.1 Å². The molecule has 0 aliphatic heterocycles. The standard InChI is InChI=1S/C10H8BrFN2/c1-2-8-13-7-5-3-4-6(12)9(7)10(11)14-8/h3-5H,2H2,1H3. The first-order chi connectivity index (χ1) is 6.72. The van der Waals surface area contributed by atoms with Gasteiger partial charge in [0.25, 0.3) is 0 Å². The lowest BCUT2D eigenvalue weighted by atomic mass is 10.2. The van der Waals surface area contributed by atoms with Crippen molar-refractivity contribution in [1.82, 2.24) is 9.97 Å². The zero-order valence-corrected chi connectivity index (χ0v) is 9.18. The number of aryl methyl sites for hydroxylation is 1. The first-order valence-electron chi connectivity index (χ1n) is 4.33. The summed E-state index contributed by atoms with van der Waals surface area (Å²) in [6, 6.07) is 4.84. The minimum Gasteiger partial charge on any atom is -0.233 e. The third-order valence-electron chi connectivity index (χ3n) is 1.99. The van der Waals surface area contributed by atoms with Gasteiger partial charge in [0.05, 0.1) is 10.9 Å². The molecule has 14 heavy (non-hydrogen) atoms. The summed E-state index contributed by atoms with van der Waals surface area (Å²) < 4.78 is 13.9. The molecule has 0 fully saturated rings. The molecule has 0 radical (unpaired) electrons. The van der Waals surface area contributed by atoms with Gasteiger partial charge in [0.2, 0.25) is 0 Å². The van der Waals surface area contributed by atoms with Crippen molar-refractivity contribution in [1.29, 1.82) is 0 Å². The molecule has 0 unspecified atom stereocenters. The van der Waals surface area contributed by atoms with Crippen molar-refractivity contribution in [3.05, 3.63) is 34.4 Å². The third-order valence-corrected chi connectivity index (χ3v) is 2.56. The number of aromatic nitrogens is 2. The lowest BCUT2D eigenvalue weighted by Crippen LogP contribution is -1.95. The maximum atomic E-state index is 13.4. The Bertz CT molecular complexity index is 485. The Balaban J connectivity index is 2.83. The Morgan fingerprint density at radius 1 is 1.36 bits per heavy atom. The van der Waals surface area contributed by atoms with Crippen LogP contribution >= 0.6 is 15.9 Å². The minimum atomic E-state index is -0.294. The van der Waals surface area contributed by atoms with Crippen LogP contribution in [0, 0.1) is 5.82 Å². The Morgan fingerprint density at radius 3 is 2.86 bits per heavy atom. The lowest BCUT2D eigenvalue weighted by molar-refractivity contribution is 0.638. The van der Waals surface area contributed by atoms with Gasteiger partial charge in [-0.3, -0.25) is 0 Å². The third kappa shape index (κ3) is 1.50. The van der Waals surface area contributed by atoms with Gasteiger partial charge in [0.1, 0.15) is 16.2 Å². The van der Waals surface area contributed by atoms with Gasteiger partial charge in [-0.2, -0.15) is 0 Å². The fourth-order valence-corrected chi connectivity index (χ4v) is 1.90. The molecule has 0 aliphatic carbocycles. The summed E-state index contributed by atoms with van der Waals surface area (Å²) >= 11 is 3.25. The molecule has 0 N–H and O–H groups in total. The Kier molecular flexibility index (Phi) is 2.46. The van der Waals surface area contributed by atoms with Gasteiger partial charge in [0.15, 0.2) is 0 Å². The maximum Gasteiger partial charge on any atom is 0.135 e. The van der Waals surface area contributed by atoms with Gasteiger partial charge in [-0.15, -0.1) is 0 Å². The van der Waals surface area contributed by atoms with E-state index in [0.717, 1.165) is 12.2 Å². The number of hydrogen-bond acceptors (Lipinski definition) is 2. The number of nitrogens with zero attached hydrogens (tertiary/aromatic N) is 2. The number of halogens is 2. The number of rotatable bonds is 1. The van der Waals surface area contributed by atoms with Crippen LogP contribution in [0.25, 0.3) is 10.9 Å². The fourth-order valence-electron chi connectivity index (χ4n) is 1.30. The van der Waals surface area contributed by atoms with Crippen LogP contribution in [0.3, 0.4) is 0 Å². The normalized spacial score (nSPS) is 10.8. The molecule has 0 spiro atoms. The molecule has 4 heteroatoms. The Hall–Kier alpha value is -1.03.